The number of ether oxygens (including phenoxy) is 2. The minimum absolute atomic E-state index is 0.179. The van der Waals surface area contributed by atoms with E-state index in [2.05, 4.69) is 17.1 Å². The van der Waals surface area contributed by atoms with Crippen LogP contribution in [0.4, 0.5) is 11.4 Å². The number of piperidine rings is 1. The van der Waals surface area contributed by atoms with Crippen molar-refractivity contribution in [3.63, 3.8) is 0 Å². The fraction of sp³-hybridized carbons (Fsp3) is 0.474. The summed E-state index contributed by atoms with van der Waals surface area (Å²) in [6.07, 6.45) is 4.79. The number of anilines is 2. The van der Waals surface area contributed by atoms with Gasteiger partial charge in [-0.1, -0.05) is 11.6 Å². The third-order valence-corrected chi connectivity index (χ3v) is 4.79. The summed E-state index contributed by atoms with van der Waals surface area (Å²) in [7, 11) is 0. The van der Waals surface area contributed by atoms with Crippen molar-refractivity contribution in [2.24, 2.45) is 0 Å². The fourth-order valence-corrected chi connectivity index (χ4v) is 3.43. The molecular weight excluding hydrogens is 356 g/mol. The van der Waals surface area contributed by atoms with Crippen LogP contribution in [0, 0.1) is 0 Å². The maximum Gasteiger partial charge on any atom is 0.350 e. The average Bonchev–Trinajstić information content (AvgIpc) is 2.54. The zero-order valence-electron chi connectivity index (χ0n) is 15.2. The van der Waals surface area contributed by atoms with Gasteiger partial charge in [0.05, 0.1) is 11.4 Å². The van der Waals surface area contributed by atoms with Crippen molar-refractivity contribution in [2.75, 3.05) is 16.8 Å². The van der Waals surface area contributed by atoms with Crippen LogP contribution in [0.3, 0.4) is 0 Å². The molecule has 3 rings (SSSR count). The molecule has 2 aliphatic heterocycles. The average molecular weight is 379 g/mol. The number of nitrogens with one attached hydrogen (secondary N) is 1. The number of cyclic esters (lactones) is 2. The highest BCUT2D eigenvalue weighted by molar-refractivity contribution is 6.31. The van der Waals surface area contributed by atoms with Gasteiger partial charge in [-0.2, -0.15) is 0 Å². The molecule has 140 valence electrons. The van der Waals surface area contributed by atoms with Crippen LogP contribution in [0.25, 0.3) is 0 Å². The number of halogens is 1. The molecule has 2 aliphatic rings. The van der Waals surface area contributed by atoms with E-state index in [1.54, 1.807) is 6.07 Å². The smallest absolute Gasteiger partial charge is 0.350 e. The molecule has 0 bridgehead atoms. The molecule has 2 fully saturated rings. The molecule has 0 saturated carbocycles. The largest absolute Gasteiger partial charge is 0.419 e. The highest BCUT2D eigenvalue weighted by Crippen LogP contribution is 2.34. The standard InChI is InChI=1S/C19H23ClN2O4/c1-12-6-4-5-9-22(12)16-8-7-13(20)10-15(16)21-11-14-17(23)25-19(2,3)26-18(14)24/h7-8,10-12,21H,4-6,9H2,1-3H3. The molecule has 1 N–H and O–H groups in total. The monoisotopic (exact) mass is 378 g/mol. The zero-order valence-corrected chi connectivity index (χ0v) is 15.9. The Morgan fingerprint density at radius 2 is 1.92 bits per heavy atom. The van der Waals surface area contributed by atoms with E-state index in [0.29, 0.717) is 11.1 Å². The van der Waals surface area contributed by atoms with E-state index in [9.17, 15) is 9.59 Å². The van der Waals surface area contributed by atoms with Gasteiger partial charge in [0.1, 0.15) is 0 Å². The van der Waals surface area contributed by atoms with Crippen molar-refractivity contribution >= 4 is 34.9 Å². The van der Waals surface area contributed by atoms with Crippen molar-refractivity contribution in [1.82, 2.24) is 0 Å². The van der Waals surface area contributed by atoms with E-state index in [4.69, 9.17) is 21.1 Å². The predicted molar refractivity (Wildman–Crippen MR) is 100 cm³/mol. The van der Waals surface area contributed by atoms with Crippen LogP contribution in [0.5, 0.6) is 0 Å². The van der Waals surface area contributed by atoms with E-state index in [1.807, 2.05) is 12.1 Å². The quantitative estimate of drug-likeness (QED) is 0.489. The second-order valence-corrected chi connectivity index (χ2v) is 7.52. The molecule has 0 spiro atoms. The Kier molecular flexibility index (Phi) is 5.14. The molecule has 1 atom stereocenters. The summed E-state index contributed by atoms with van der Waals surface area (Å²) in [4.78, 5) is 26.5. The molecule has 0 aliphatic carbocycles. The third-order valence-electron chi connectivity index (χ3n) is 4.56. The Morgan fingerprint density at radius 1 is 1.23 bits per heavy atom. The van der Waals surface area contributed by atoms with E-state index < -0.39 is 17.7 Å². The molecule has 6 nitrogen and oxygen atoms in total. The summed E-state index contributed by atoms with van der Waals surface area (Å²) in [5.41, 5.74) is 1.53. The lowest BCUT2D eigenvalue weighted by atomic mass is 10.0. The molecule has 26 heavy (non-hydrogen) atoms. The Labute approximate surface area is 158 Å². The first kappa shape index (κ1) is 18.6. The Hall–Kier alpha value is -2.21. The predicted octanol–water partition coefficient (Wildman–Crippen LogP) is 3.85. The Bertz CT molecular complexity index is 738. The van der Waals surface area contributed by atoms with Gasteiger partial charge in [0.25, 0.3) is 5.79 Å². The summed E-state index contributed by atoms with van der Waals surface area (Å²) in [6, 6.07) is 5.97. The van der Waals surface area contributed by atoms with Crippen molar-refractivity contribution < 1.29 is 19.1 Å². The highest BCUT2D eigenvalue weighted by atomic mass is 35.5. The van der Waals surface area contributed by atoms with E-state index >= 15 is 0 Å². The van der Waals surface area contributed by atoms with Crippen molar-refractivity contribution in [1.29, 1.82) is 0 Å². The number of carbonyl (C=O) groups excluding carboxylic acids is 2. The van der Waals surface area contributed by atoms with Crippen LogP contribution in [-0.4, -0.2) is 30.3 Å². The van der Waals surface area contributed by atoms with Gasteiger partial charge in [-0.25, -0.2) is 9.59 Å². The topological polar surface area (TPSA) is 67.9 Å². The molecule has 7 heteroatoms. The SMILES string of the molecule is CC1CCCCN1c1ccc(Cl)cc1NC=C1C(=O)OC(C)(C)OC1=O. The molecule has 1 aromatic rings. The van der Waals surface area contributed by atoms with Gasteiger partial charge in [0.2, 0.25) is 0 Å². The first-order valence-electron chi connectivity index (χ1n) is 8.76. The van der Waals surface area contributed by atoms with Crippen LogP contribution in [0.2, 0.25) is 5.02 Å². The molecule has 0 amide bonds. The minimum Gasteiger partial charge on any atom is -0.419 e. The van der Waals surface area contributed by atoms with Crippen molar-refractivity contribution in [3.8, 4) is 0 Å². The van der Waals surface area contributed by atoms with Crippen LogP contribution in [-0.2, 0) is 19.1 Å². The number of benzene rings is 1. The zero-order chi connectivity index (χ0) is 18.9. The van der Waals surface area contributed by atoms with Crippen molar-refractivity contribution in [2.45, 2.75) is 51.9 Å². The summed E-state index contributed by atoms with van der Waals surface area (Å²) in [5.74, 6) is -2.68. The van der Waals surface area contributed by atoms with Crippen LogP contribution < -0.4 is 10.2 Å². The summed E-state index contributed by atoms with van der Waals surface area (Å²) in [6.45, 7) is 6.17. The molecule has 2 saturated heterocycles. The fourth-order valence-electron chi connectivity index (χ4n) is 3.26. The van der Waals surface area contributed by atoms with Gasteiger partial charge < -0.3 is 19.7 Å². The van der Waals surface area contributed by atoms with E-state index in [1.165, 1.54) is 26.5 Å². The third kappa shape index (κ3) is 3.96. The molecule has 1 unspecified atom stereocenters. The van der Waals surface area contributed by atoms with E-state index in [-0.39, 0.29) is 5.57 Å². The van der Waals surface area contributed by atoms with Gasteiger partial charge >= 0.3 is 11.9 Å². The van der Waals surface area contributed by atoms with Crippen LogP contribution >= 0.6 is 11.6 Å². The minimum atomic E-state index is -1.25. The first-order valence-corrected chi connectivity index (χ1v) is 9.14. The first-order chi connectivity index (χ1) is 12.3. The molecule has 0 radical (unpaired) electrons. The van der Waals surface area contributed by atoms with Gasteiger partial charge in [-0.3, -0.25) is 0 Å². The molecule has 0 aromatic heterocycles. The molecule has 2 heterocycles. The van der Waals surface area contributed by atoms with E-state index in [0.717, 1.165) is 30.8 Å². The number of rotatable bonds is 3. The Morgan fingerprint density at radius 3 is 2.58 bits per heavy atom. The van der Waals surface area contributed by atoms with Crippen LogP contribution in [0.15, 0.2) is 30.0 Å². The van der Waals surface area contributed by atoms with Gasteiger partial charge in [-0.15, -0.1) is 0 Å². The number of carbonyl (C=O) groups is 2. The van der Waals surface area contributed by atoms with Gasteiger partial charge in [0, 0.05) is 37.7 Å². The second-order valence-electron chi connectivity index (χ2n) is 7.08. The van der Waals surface area contributed by atoms with Gasteiger partial charge in [0.15, 0.2) is 5.57 Å². The number of esters is 2. The summed E-state index contributed by atoms with van der Waals surface area (Å²) in [5, 5.41) is 3.60. The lowest BCUT2D eigenvalue weighted by Gasteiger charge is -2.36. The van der Waals surface area contributed by atoms with Crippen LogP contribution in [0.1, 0.15) is 40.0 Å². The van der Waals surface area contributed by atoms with Crippen molar-refractivity contribution in [3.05, 3.63) is 35.0 Å². The maximum absolute atomic E-state index is 12.1. The maximum atomic E-state index is 12.1. The highest BCUT2D eigenvalue weighted by Gasteiger charge is 2.39. The number of hydrogen-bond donors (Lipinski definition) is 1. The molecule has 1 aromatic carbocycles. The van der Waals surface area contributed by atoms with Gasteiger partial charge in [-0.05, 0) is 44.4 Å². The normalized spacial score (nSPS) is 22.5. The summed E-state index contributed by atoms with van der Waals surface area (Å²) >= 11 is 6.15. The lowest BCUT2D eigenvalue weighted by Crippen LogP contribution is -2.42. The molecular formula is C19H23ClN2O4. The number of hydrogen-bond acceptors (Lipinski definition) is 6. The summed E-state index contributed by atoms with van der Waals surface area (Å²) < 4.78 is 10.2. The Balaban J connectivity index is 1.87. The lowest BCUT2D eigenvalue weighted by molar-refractivity contribution is -0.222. The second kappa shape index (κ2) is 7.19. The number of nitrogens with zero attached hydrogens (tertiary/aromatic N) is 1.